The molecule has 0 spiro atoms. The number of rotatable bonds is 34. The highest BCUT2D eigenvalue weighted by Crippen LogP contribution is 2.13. The summed E-state index contributed by atoms with van der Waals surface area (Å²) >= 11 is 0. The van der Waals surface area contributed by atoms with Gasteiger partial charge in [-0.05, 0) is 38.5 Å². The number of carboxylic acid groups (broad SMARTS) is 2. The van der Waals surface area contributed by atoms with Crippen LogP contribution in [0.5, 0.6) is 0 Å². The minimum Gasteiger partial charge on any atom is -0.481 e. The summed E-state index contributed by atoms with van der Waals surface area (Å²) in [4.78, 5) is 68.5. The van der Waals surface area contributed by atoms with Crippen LogP contribution in [0.1, 0.15) is 122 Å². The van der Waals surface area contributed by atoms with E-state index in [1.54, 1.807) is 0 Å². The fraction of sp³-hybridized carbons (Fsp3) is 0.818. The van der Waals surface area contributed by atoms with E-state index in [9.17, 15) is 33.9 Å². The van der Waals surface area contributed by atoms with Gasteiger partial charge in [-0.3, -0.25) is 19.2 Å². The van der Waals surface area contributed by atoms with E-state index in [1.807, 2.05) is 0 Å². The molecule has 0 fully saturated rings. The molecule has 0 aliphatic heterocycles. The normalized spacial score (nSPS) is 12.2. The van der Waals surface area contributed by atoms with Crippen molar-refractivity contribution >= 4 is 35.9 Å². The van der Waals surface area contributed by atoms with Gasteiger partial charge >= 0.3 is 11.9 Å². The summed E-state index contributed by atoms with van der Waals surface area (Å²) in [6.07, 6.45) is 15.6. The Morgan fingerprint density at radius 3 is 1.72 bits per heavy atom. The van der Waals surface area contributed by atoms with Crippen molar-refractivity contribution in [3.05, 3.63) is 0 Å². The van der Waals surface area contributed by atoms with E-state index >= 15 is 0 Å². The molecule has 0 unspecified atom stereocenters. The van der Waals surface area contributed by atoms with Crippen LogP contribution in [0.15, 0.2) is 0 Å². The van der Waals surface area contributed by atoms with E-state index < -0.39 is 24.0 Å². The zero-order chi connectivity index (χ0) is 35.0. The van der Waals surface area contributed by atoms with Crippen molar-refractivity contribution in [1.82, 2.24) is 16.0 Å². The summed E-state index contributed by atoms with van der Waals surface area (Å²) in [5, 5.41) is 25.9. The molecule has 0 rings (SSSR count). The molecule has 7 N–H and O–H groups in total. The average molecular weight is 673 g/mol. The molecule has 47 heavy (non-hydrogen) atoms. The summed E-state index contributed by atoms with van der Waals surface area (Å²) in [6, 6.07) is -1.59. The molecule has 0 saturated heterocycles. The highest BCUT2D eigenvalue weighted by atomic mass is 16.5. The third kappa shape index (κ3) is 31.3. The van der Waals surface area contributed by atoms with E-state index in [0.29, 0.717) is 25.7 Å². The van der Waals surface area contributed by atoms with Crippen molar-refractivity contribution in [2.45, 2.75) is 134 Å². The number of hydrogen-bond donors (Lipinski definition) is 6. The summed E-state index contributed by atoms with van der Waals surface area (Å²) in [5.74, 6) is -2.82. The number of carbonyl (C=O) groups is 6. The molecule has 272 valence electrons. The van der Waals surface area contributed by atoms with Crippen LogP contribution in [0.25, 0.3) is 0 Å². The Kier molecular flexibility index (Phi) is 29.4. The van der Waals surface area contributed by atoms with Gasteiger partial charge in [-0.1, -0.05) is 64.2 Å². The number of amides is 3. The lowest BCUT2D eigenvalue weighted by Crippen LogP contribution is -2.41. The van der Waals surface area contributed by atoms with Gasteiger partial charge in [-0.25, -0.2) is 4.79 Å². The number of hydrogen-bond acceptors (Lipinski definition) is 9. The van der Waals surface area contributed by atoms with Crippen LogP contribution in [0.3, 0.4) is 0 Å². The van der Waals surface area contributed by atoms with E-state index in [1.165, 1.54) is 19.3 Å². The maximum atomic E-state index is 12.2. The Balaban J connectivity index is 3.71. The van der Waals surface area contributed by atoms with Gasteiger partial charge in [0.2, 0.25) is 17.7 Å². The number of carboxylic acids is 2. The Morgan fingerprint density at radius 1 is 0.596 bits per heavy atom. The first-order valence-electron chi connectivity index (χ1n) is 17.3. The van der Waals surface area contributed by atoms with Crippen LogP contribution in [0.4, 0.5) is 0 Å². The van der Waals surface area contributed by atoms with E-state index in [-0.39, 0.29) is 76.4 Å². The van der Waals surface area contributed by atoms with Crippen LogP contribution in [-0.2, 0) is 38.2 Å². The van der Waals surface area contributed by atoms with Crippen molar-refractivity contribution in [1.29, 1.82) is 0 Å². The molecule has 0 aliphatic carbocycles. The maximum Gasteiger partial charge on any atom is 0.326 e. The zero-order valence-electron chi connectivity index (χ0n) is 28.1. The monoisotopic (exact) mass is 672 g/mol. The van der Waals surface area contributed by atoms with Crippen LogP contribution in [0, 0.1) is 0 Å². The molecule has 0 bridgehead atoms. The maximum absolute atomic E-state index is 12.2. The third-order valence-corrected chi connectivity index (χ3v) is 7.47. The lowest BCUT2D eigenvalue weighted by molar-refractivity contribution is -0.142. The van der Waals surface area contributed by atoms with Gasteiger partial charge in [-0.15, -0.1) is 0 Å². The predicted octanol–water partition coefficient (Wildman–Crippen LogP) is 2.84. The van der Waals surface area contributed by atoms with Gasteiger partial charge in [0.1, 0.15) is 18.9 Å². The van der Waals surface area contributed by atoms with Gasteiger partial charge in [0.05, 0.1) is 25.9 Å². The van der Waals surface area contributed by atoms with Crippen molar-refractivity contribution in [2.75, 3.05) is 39.5 Å². The van der Waals surface area contributed by atoms with Crippen molar-refractivity contribution in [3.63, 3.8) is 0 Å². The lowest BCUT2D eigenvalue weighted by Gasteiger charge is -2.14. The Labute approximate surface area is 279 Å². The van der Waals surface area contributed by atoms with Crippen LogP contribution in [0.2, 0.25) is 0 Å². The number of ether oxygens (including phenoxy) is 2. The fourth-order valence-corrected chi connectivity index (χ4v) is 4.72. The molecule has 0 aliphatic rings. The molecule has 14 heteroatoms. The zero-order valence-corrected chi connectivity index (χ0v) is 28.1. The standard InChI is InChI=1S/C33H60N4O10/c34-27(25-38)15-13-14-20-35-31(41)26-47-24-23-46-22-21-36-29(39)19-18-28(33(44)45)37-30(40)16-11-9-7-5-3-1-2-4-6-8-10-12-17-32(42)43/h25,27-28H,1-24,26,34H2,(H,35,41)(H,36,39)(H,37,40)(H,42,43)(H,44,45)/t27-,28-/m0/s1. The number of nitrogens with one attached hydrogen (secondary N) is 3. The van der Waals surface area contributed by atoms with Crippen molar-refractivity contribution < 1.29 is 48.5 Å². The van der Waals surface area contributed by atoms with E-state index in [2.05, 4.69) is 16.0 Å². The second-order valence-electron chi connectivity index (χ2n) is 11.8. The molecule has 0 aromatic carbocycles. The topological polar surface area (TPSA) is 223 Å². The second-order valence-corrected chi connectivity index (χ2v) is 11.8. The Morgan fingerprint density at radius 2 is 1.15 bits per heavy atom. The van der Waals surface area contributed by atoms with Crippen LogP contribution >= 0.6 is 0 Å². The molecule has 0 heterocycles. The van der Waals surface area contributed by atoms with Crippen LogP contribution < -0.4 is 21.7 Å². The molecular weight excluding hydrogens is 612 g/mol. The van der Waals surface area contributed by atoms with Gasteiger partial charge < -0.3 is 46.2 Å². The fourth-order valence-electron chi connectivity index (χ4n) is 4.72. The van der Waals surface area contributed by atoms with E-state index in [4.69, 9.17) is 20.3 Å². The first-order valence-corrected chi connectivity index (χ1v) is 17.3. The summed E-state index contributed by atoms with van der Waals surface area (Å²) < 4.78 is 10.6. The minimum atomic E-state index is -1.18. The summed E-state index contributed by atoms with van der Waals surface area (Å²) in [7, 11) is 0. The Hall–Kier alpha value is -3.10. The second kappa shape index (κ2) is 31.5. The van der Waals surface area contributed by atoms with Gasteiger partial charge in [-0.2, -0.15) is 0 Å². The summed E-state index contributed by atoms with van der Waals surface area (Å²) in [6.45, 7) is 1.27. The van der Waals surface area contributed by atoms with E-state index in [0.717, 1.165) is 64.2 Å². The number of nitrogens with two attached hydrogens (primary N) is 1. The van der Waals surface area contributed by atoms with Crippen molar-refractivity contribution in [3.8, 4) is 0 Å². The number of unbranched alkanes of at least 4 members (excludes halogenated alkanes) is 12. The molecule has 0 aromatic heterocycles. The SMILES string of the molecule is N[C@H](C=O)CCCCNC(=O)COCCOCCNC(=O)CC[C@H](NC(=O)CCCCCCCCCCCCCCC(=O)O)C(=O)O. The van der Waals surface area contributed by atoms with Crippen LogP contribution in [-0.4, -0.2) is 97.8 Å². The summed E-state index contributed by atoms with van der Waals surface area (Å²) in [5.41, 5.74) is 5.50. The van der Waals surface area contributed by atoms with Crippen molar-refractivity contribution in [2.24, 2.45) is 5.73 Å². The molecule has 0 aromatic rings. The Bertz CT molecular complexity index is 874. The highest BCUT2D eigenvalue weighted by molar-refractivity contribution is 5.84. The molecule has 14 nitrogen and oxygen atoms in total. The quantitative estimate of drug-likeness (QED) is 0.0431. The molecule has 3 amide bonds. The molecule has 0 saturated carbocycles. The minimum absolute atomic E-state index is 0.0156. The largest absolute Gasteiger partial charge is 0.481 e. The van der Waals surface area contributed by atoms with Gasteiger partial charge in [0, 0.05) is 32.4 Å². The lowest BCUT2D eigenvalue weighted by atomic mass is 10.0. The number of carbonyl (C=O) groups excluding carboxylic acids is 4. The molecule has 0 radical (unpaired) electrons. The molecule has 2 atom stereocenters. The number of aliphatic carboxylic acids is 2. The first kappa shape index (κ1) is 43.9. The van der Waals surface area contributed by atoms with Gasteiger partial charge in [0.15, 0.2) is 0 Å². The van der Waals surface area contributed by atoms with Gasteiger partial charge in [0.25, 0.3) is 0 Å². The highest BCUT2D eigenvalue weighted by Gasteiger charge is 2.20. The first-order chi connectivity index (χ1) is 22.6. The average Bonchev–Trinajstić information content (AvgIpc) is 3.03. The smallest absolute Gasteiger partial charge is 0.326 e. The predicted molar refractivity (Wildman–Crippen MR) is 177 cm³/mol. The molecular formula is C33H60N4O10. The number of aldehydes is 1. The third-order valence-electron chi connectivity index (χ3n) is 7.47.